The van der Waals surface area contributed by atoms with Gasteiger partial charge in [-0.05, 0) is 45.0 Å². The largest absolute Gasteiger partial charge is 0.386 e. The fourth-order valence-electron chi connectivity index (χ4n) is 4.13. The molecule has 1 amide bonds. The summed E-state index contributed by atoms with van der Waals surface area (Å²) in [5.41, 5.74) is 3.95. The van der Waals surface area contributed by atoms with Gasteiger partial charge in [-0.15, -0.1) is 0 Å². The van der Waals surface area contributed by atoms with Gasteiger partial charge in [0.25, 0.3) is 11.8 Å². The Balaban J connectivity index is 1.81. The number of nitrogens with zero attached hydrogens (tertiary/aromatic N) is 4. The molecule has 3 atom stereocenters. The Kier molecular flexibility index (Phi) is 5.67. The lowest BCUT2D eigenvalue weighted by molar-refractivity contribution is -0.00686. The van der Waals surface area contributed by atoms with Crippen molar-refractivity contribution in [3.63, 3.8) is 0 Å². The standard InChI is InChI=1S/C21H22ClF3N6O2S/c1-19(2)18(26)31-20(3,14-8-21(24,25)10-28-34(14,19)33)16-12(23)5-7-15(29-16)30-17(32)13-6-4-11(22)9-27-13/h4-7,9,14H,8,10H2,1-3H3,(H2,26,31)(H,29,30,32)/t14-,20+,34-/m1/s1. The van der Waals surface area contributed by atoms with Gasteiger partial charge in [0.2, 0.25) is 0 Å². The van der Waals surface area contributed by atoms with E-state index < -0.39 is 55.9 Å². The fourth-order valence-corrected chi connectivity index (χ4v) is 7.43. The van der Waals surface area contributed by atoms with Crippen LogP contribution in [0, 0.1) is 5.82 Å². The number of carbonyl (C=O) groups is 1. The second-order valence-corrected chi connectivity index (χ2v) is 12.3. The summed E-state index contributed by atoms with van der Waals surface area (Å²) >= 11 is 5.78. The number of anilines is 1. The van der Waals surface area contributed by atoms with Gasteiger partial charge in [0, 0.05) is 12.6 Å². The molecule has 0 unspecified atom stereocenters. The molecular weight excluding hydrogens is 493 g/mol. The number of amides is 1. The van der Waals surface area contributed by atoms with E-state index in [0.717, 1.165) is 6.07 Å². The molecule has 34 heavy (non-hydrogen) atoms. The van der Waals surface area contributed by atoms with Crippen LogP contribution < -0.4 is 11.1 Å². The first-order valence-corrected chi connectivity index (χ1v) is 12.2. The molecule has 182 valence electrons. The predicted octanol–water partition coefficient (Wildman–Crippen LogP) is 3.76. The van der Waals surface area contributed by atoms with Gasteiger partial charge in [-0.3, -0.25) is 9.79 Å². The molecule has 3 N–H and O–H groups in total. The predicted molar refractivity (Wildman–Crippen MR) is 123 cm³/mol. The number of rotatable bonds is 3. The molecule has 0 saturated carbocycles. The van der Waals surface area contributed by atoms with E-state index in [1.807, 2.05) is 0 Å². The van der Waals surface area contributed by atoms with Gasteiger partial charge in [-0.25, -0.2) is 31.7 Å². The molecule has 0 aliphatic carbocycles. The first kappa shape index (κ1) is 24.4. The van der Waals surface area contributed by atoms with E-state index in [0.29, 0.717) is 5.02 Å². The topological polar surface area (TPSA) is 123 Å². The van der Waals surface area contributed by atoms with Crippen LogP contribution in [0.2, 0.25) is 5.02 Å². The van der Waals surface area contributed by atoms with Crippen LogP contribution in [0.25, 0.3) is 0 Å². The van der Waals surface area contributed by atoms with Gasteiger partial charge in [0.05, 0.1) is 20.0 Å². The summed E-state index contributed by atoms with van der Waals surface area (Å²) in [5, 5.41) is 1.44. The average Bonchev–Trinajstić information content (AvgIpc) is 2.76. The Hall–Kier alpha value is -2.73. The number of hydrogen-bond acceptors (Lipinski definition) is 7. The summed E-state index contributed by atoms with van der Waals surface area (Å²) in [6, 6.07) is 5.08. The van der Waals surface area contributed by atoms with Crippen LogP contribution in [0.5, 0.6) is 0 Å². The highest BCUT2D eigenvalue weighted by molar-refractivity contribution is 7.96. The van der Waals surface area contributed by atoms with Crippen molar-refractivity contribution >= 4 is 38.9 Å². The zero-order chi connectivity index (χ0) is 25.1. The molecule has 2 aliphatic heterocycles. The normalized spacial score (nSPS) is 29.4. The highest BCUT2D eigenvalue weighted by Gasteiger charge is 2.60. The molecule has 0 fully saturated rings. The molecule has 0 aromatic carbocycles. The Morgan fingerprint density at radius 3 is 2.59 bits per heavy atom. The van der Waals surface area contributed by atoms with Crippen LogP contribution in [0.15, 0.2) is 39.8 Å². The fraction of sp³-hybridized carbons (Fsp3) is 0.429. The van der Waals surface area contributed by atoms with E-state index in [2.05, 4.69) is 24.6 Å². The molecule has 2 aromatic heterocycles. The maximum Gasteiger partial charge on any atom is 0.275 e. The maximum absolute atomic E-state index is 15.1. The number of hydrogen-bond donors (Lipinski definition) is 2. The van der Waals surface area contributed by atoms with Crippen LogP contribution >= 0.6 is 11.6 Å². The summed E-state index contributed by atoms with van der Waals surface area (Å²) in [7, 11) is -3.41. The summed E-state index contributed by atoms with van der Waals surface area (Å²) in [5.74, 6) is -4.97. The van der Waals surface area contributed by atoms with Gasteiger partial charge in [0.15, 0.2) is 0 Å². The van der Waals surface area contributed by atoms with Gasteiger partial charge in [-0.2, -0.15) is 0 Å². The quantitative estimate of drug-likeness (QED) is 0.645. The molecule has 0 saturated heterocycles. The van der Waals surface area contributed by atoms with Crippen LogP contribution in [-0.4, -0.2) is 48.4 Å². The van der Waals surface area contributed by atoms with Crippen LogP contribution in [0.3, 0.4) is 0 Å². The number of nitrogens with two attached hydrogens (primary N) is 1. The monoisotopic (exact) mass is 514 g/mol. The number of pyridine rings is 2. The van der Waals surface area contributed by atoms with Crippen molar-refractivity contribution in [1.82, 2.24) is 9.97 Å². The van der Waals surface area contributed by atoms with E-state index in [-0.39, 0.29) is 23.0 Å². The molecule has 0 radical (unpaired) electrons. The average molecular weight is 515 g/mol. The molecule has 4 heterocycles. The van der Waals surface area contributed by atoms with E-state index >= 15 is 4.39 Å². The lowest BCUT2D eigenvalue weighted by atomic mass is 9.88. The van der Waals surface area contributed by atoms with E-state index in [1.54, 1.807) is 0 Å². The number of nitrogens with one attached hydrogen (secondary N) is 1. The molecule has 8 nitrogen and oxygen atoms in total. The van der Waals surface area contributed by atoms with Crippen molar-refractivity contribution in [2.45, 2.75) is 48.7 Å². The number of carbonyl (C=O) groups excluding carboxylic acids is 1. The third-order valence-electron chi connectivity index (χ3n) is 6.21. The van der Waals surface area contributed by atoms with Gasteiger partial charge in [-0.1, -0.05) is 11.6 Å². The highest BCUT2D eigenvalue weighted by Crippen LogP contribution is 2.49. The summed E-state index contributed by atoms with van der Waals surface area (Å²) < 4.78 is 60.5. The van der Waals surface area contributed by atoms with E-state index in [1.165, 1.54) is 45.2 Å². The molecule has 2 aliphatic rings. The Bertz CT molecular complexity index is 1320. The van der Waals surface area contributed by atoms with Crippen LogP contribution in [-0.2, 0) is 15.3 Å². The van der Waals surface area contributed by atoms with Crippen molar-refractivity contribution < 1.29 is 22.2 Å². The van der Waals surface area contributed by atoms with Crippen LogP contribution in [0.1, 0.15) is 43.4 Å². The summed E-state index contributed by atoms with van der Waals surface area (Å²) in [6.07, 6.45) is 0.449. The zero-order valence-corrected chi connectivity index (χ0v) is 20.1. The Morgan fingerprint density at radius 1 is 1.24 bits per heavy atom. The van der Waals surface area contributed by atoms with E-state index in [9.17, 15) is 17.8 Å². The molecule has 4 rings (SSSR count). The Morgan fingerprint density at radius 2 is 1.94 bits per heavy atom. The minimum Gasteiger partial charge on any atom is -0.386 e. The molecular formula is C21H22ClF3N6O2S. The third kappa shape index (κ3) is 3.82. The minimum absolute atomic E-state index is 0.0266. The van der Waals surface area contributed by atoms with Crippen molar-refractivity contribution in [3.8, 4) is 0 Å². The van der Waals surface area contributed by atoms with Crippen molar-refractivity contribution in [2.24, 2.45) is 15.1 Å². The number of aliphatic imine (C=N–C) groups is 1. The number of aromatic nitrogens is 2. The first-order chi connectivity index (χ1) is 15.7. The summed E-state index contributed by atoms with van der Waals surface area (Å²) in [6.45, 7) is 3.48. The van der Waals surface area contributed by atoms with Crippen LogP contribution in [0.4, 0.5) is 19.0 Å². The van der Waals surface area contributed by atoms with Crippen molar-refractivity contribution in [1.29, 1.82) is 0 Å². The highest BCUT2D eigenvalue weighted by atomic mass is 35.5. The minimum atomic E-state index is -3.41. The van der Waals surface area contributed by atoms with Crippen molar-refractivity contribution in [2.75, 3.05) is 11.9 Å². The number of halogens is 4. The second-order valence-electron chi connectivity index (χ2n) is 8.90. The number of fused-ring (bicyclic) bond motifs is 1. The van der Waals surface area contributed by atoms with E-state index in [4.69, 9.17) is 17.3 Å². The molecule has 0 spiro atoms. The SMILES string of the molecule is CC1(C)C(N)=N[C@](C)(c2nc(NC(=O)c3ccc(Cl)cn3)ccc2F)[C@H]2CC(F)(F)CN=[S@@]21=O. The smallest absolute Gasteiger partial charge is 0.275 e. The maximum atomic E-state index is 15.1. The van der Waals surface area contributed by atoms with Gasteiger partial charge < -0.3 is 11.1 Å². The van der Waals surface area contributed by atoms with Crippen molar-refractivity contribution in [3.05, 3.63) is 52.7 Å². The number of alkyl halides is 2. The first-order valence-electron chi connectivity index (χ1n) is 10.2. The zero-order valence-electron chi connectivity index (χ0n) is 18.5. The molecule has 0 bridgehead atoms. The third-order valence-corrected chi connectivity index (χ3v) is 10.0. The number of amidine groups is 1. The Labute approximate surface area is 199 Å². The summed E-state index contributed by atoms with van der Waals surface area (Å²) in [4.78, 5) is 25.0. The lowest BCUT2D eigenvalue weighted by Crippen LogP contribution is -2.62. The lowest BCUT2D eigenvalue weighted by Gasteiger charge is -2.48. The van der Waals surface area contributed by atoms with Gasteiger partial charge >= 0.3 is 0 Å². The second kappa shape index (κ2) is 7.91. The van der Waals surface area contributed by atoms with Gasteiger partial charge in [0.1, 0.15) is 45.7 Å². The molecule has 2 aromatic rings. The molecule has 13 heteroatoms.